The van der Waals surface area contributed by atoms with Gasteiger partial charge in [-0.1, -0.05) is 0 Å². The number of aromatic nitrogens is 2. The summed E-state index contributed by atoms with van der Waals surface area (Å²) in [6.07, 6.45) is -2.76. The standard InChI is InChI=1S/C15H16F3N5O.3H2/c16-15(17,18)10-4-5-11(21-8-2-6-19)23-12(10)13(24)9-3-1-7-22-14(9)20;;;/h1,3-5,7H,2,6,8,19H2,(H2,20,22)(H,21,23);3*1H. The van der Waals surface area contributed by atoms with Gasteiger partial charge in [-0.2, -0.15) is 13.2 Å². The minimum absolute atomic E-state index is 0. The second kappa shape index (κ2) is 7.26. The van der Waals surface area contributed by atoms with Gasteiger partial charge in [-0.05, 0) is 37.2 Å². The van der Waals surface area contributed by atoms with Crippen molar-refractivity contribution in [3.63, 3.8) is 0 Å². The zero-order valence-electron chi connectivity index (χ0n) is 12.6. The van der Waals surface area contributed by atoms with E-state index in [9.17, 15) is 18.0 Å². The molecule has 0 bridgehead atoms. The third kappa shape index (κ3) is 3.99. The molecule has 0 saturated heterocycles. The molecule has 6 nitrogen and oxygen atoms in total. The lowest BCUT2D eigenvalue weighted by atomic mass is 10.0. The van der Waals surface area contributed by atoms with Crippen LogP contribution in [0.5, 0.6) is 0 Å². The van der Waals surface area contributed by atoms with E-state index in [4.69, 9.17) is 11.5 Å². The summed E-state index contributed by atoms with van der Waals surface area (Å²) < 4.78 is 39.6. The Morgan fingerprint density at radius 2 is 2.04 bits per heavy atom. The van der Waals surface area contributed by atoms with E-state index < -0.39 is 23.2 Å². The summed E-state index contributed by atoms with van der Waals surface area (Å²) in [4.78, 5) is 20.0. The van der Waals surface area contributed by atoms with Crippen LogP contribution in [0.25, 0.3) is 0 Å². The van der Waals surface area contributed by atoms with Gasteiger partial charge in [0.15, 0.2) is 0 Å². The Morgan fingerprint density at radius 1 is 1.29 bits per heavy atom. The van der Waals surface area contributed by atoms with Gasteiger partial charge in [-0.25, -0.2) is 9.97 Å². The molecule has 9 heteroatoms. The highest BCUT2D eigenvalue weighted by atomic mass is 19.4. The van der Waals surface area contributed by atoms with Crippen LogP contribution in [-0.2, 0) is 6.18 Å². The normalized spacial score (nSPS) is 11.3. The molecule has 2 aromatic rings. The van der Waals surface area contributed by atoms with E-state index in [1.54, 1.807) is 0 Å². The van der Waals surface area contributed by atoms with Crippen LogP contribution < -0.4 is 16.8 Å². The number of alkyl halides is 3. The Labute approximate surface area is 140 Å². The topological polar surface area (TPSA) is 107 Å². The highest BCUT2D eigenvalue weighted by molar-refractivity contribution is 6.11. The van der Waals surface area contributed by atoms with Gasteiger partial charge in [0.1, 0.15) is 17.3 Å². The molecule has 0 spiro atoms. The number of hydrogen-bond donors (Lipinski definition) is 3. The van der Waals surface area contributed by atoms with Crippen LogP contribution in [0, 0.1) is 0 Å². The van der Waals surface area contributed by atoms with Crippen molar-refractivity contribution in [3.05, 3.63) is 47.3 Å². The van der Waals surface area contributed by atoms with Crippen molar-refractivity contribution < 1.29 is 22.2 Å². The summed E-state index contributed by atoms with van der Waals surface area (Å²) in [6, 6.07) is 4.71. The maximum atomic E-state index is 13.2. The number of halogens is 3. The fourth-order valence-electron chi connectivity index (χ4n) is 2.02. The molecule has 2 heterocycles. The van der Waals surface area contributed by atoms with Crippen LogP contribution in [-0.4, -0.2) is 28.8 Å². The summed E-state index contributed by atoms with van der Waals surface area (Å²) in [5.74, 6) is -0.934. The summed E-state index contributed by atoms with van der Waals surface area (Å²) >= 11 is 0. The van der Waals surface area contributed by atoms with Crippen LogP contribution in [0.3, 0.4) is 0 Å². The summed E-state index contributed by atoms with van der Waals surface area (Å²) in [5.41, 5.74) is 8.97. The van der Waals surface area contributed by atoms with Crippen molar-refractivity contribution in [1.29, 1.82) is 0 Å². The molecule has 0 aromatic carbocycles. The number of pyridine rings is 2. The van der Waals surface area contributed by atoms with E-state index in [0.717, 1.165) is 6.07 Å². The molecule has 0 aliphatic rings. The predicted octanol–water partition coefficient (Wildman–Crippen LogP) is 2.81. The van der Waals surface area contributed by atoms with Crippen LogP contribution >= 0.6 is 0 Å². The Kier molecular flexibility index (Phi) is 5.35. The van der Waals surface area contributed by atoms with E-state index in [1.807, 2.05) is 0 Å². The van der Waals surface area contributed by atoms with Gasteiger partial charge in [0, 0.05) is 17.0 Å². The molecule has 0 atom stereocenters. The highest BCUT2D eigenvalue weighted by Crippen LogP contribution is 2.33. The van der Waals surface area contributed by atoms with Crippen molar-refractivity contribution in [2.75, 3.05) is 24.1 Å². The fourth-order valence-corrected chi connectivity index (χ4v) is 2.02. The molecule has 0 aliphatic heterocycles. The Bertz CT molecular complexity index is 747. The third-order valence-corrected chi connectivity index (χ3v) is 3.19. The molecule has 0 aliphatic carbocycles. The summed E-state index contributed by atoms with van der Waals surface area (Å²) in [6.45, 7) is 0.850. The molecule has 0 fully saturated rings. The number of ketones is 1. The number of carbonyl (C=O) groups excluding carboxylic acids is 1. The van der Waals surface area contributed by atoms with Gasteiger partial charge in [-0.15, -0.1) is 0 Å². The molecule has 0 radical (unpaired) electrons. The molecular formula is C15H22F3N5O. The Hall–Kier alpha value is -2.68. The highest BCUT2D eigenvalue weighted by Gasteiger charge is 2.37. The average Bonchev–Trinajstić information content (AvgIpc) is 2.54. The van der Waals surface area contributed by atoms with Gasteiger partial charge in [-0.3, -0.25) is 4.79 Å². The smallest absolute Gasteiger partial charge is 0.383 e. The zero-order chi connectivity index (χ0) is 17.7. The van der Waals surface area contributed by atoms with Crippen LogP contribution in [0.2, 0.25) is 0 Å². The van der Waals surface area contributed by atoms with E-state index in [2.05, 4.69) is 15.3 Å². The van der Waals surface area contributed by atoms with E-state index in [1.165, 1.54) is 24.4 Å². The second-order valence-corrected chi connectivity index (χ2v) is 4.92. The number of rotatable bonds is 6. The number of nitrogen functional groups attached to an aromatic ring is 1. The molecule has 0 saturated carbocycles. The number of anilines is 2. The first kappa shape index (κ1) is 17.7. The maximum absolute atomic E-state index is 13.2. The van der Waals surface area contributed by atoms with Gasteiger partial charge in [0.25, 0.3) is 0 Å². The van der Waals surface area contributed by atoms with Gasteiger partial charge >= 0.3 is 6.18 Å². The summed E-state index contributed by atoms with van der Waals surface area (Å²) in [5, 5.41) is 2.83. The number of carbonyl (C=O) groups is 1. The summed E-state index contributed by atoms with van der Waals surface area (Å²) in [7, 11) is 0. The second-order valence-electron chi connectivity index (χ2n) is 4.92. The quantitative estimate of drug-likeness (QED) is 0.549. The third-order valence-electron chi connectivity index (χ3n) is 3.19. The van der Waals surface area contributed by atoms with E-state index in [0.29, 0.717) is 19.5 Å². The van der Waals surface area contributed by atoms with Crippen molar-refractivity contribution in [1.82, 2.24) is 9.97 Å². The van der Waals surface area contributed by atoms with E-state index in [-0.39, 0.29) is 21.5 Å². The minimum Gasteiger partial charge on any atom is -0.383 e. The lowest BCUT2D eigenvalue weighted by Gasteiger charge is -2.14. The number of nitrogens with zero attached hydrogens (tertiary/aromatic N) is 2. The van der Waals surface area contributed by atoms with E-state index >= 15 is 0 Å². The molecule has 24 heavy (non-hydrogen) atoms. The van der Waals surface area contributed by atoms with Gasteiger partial charge < -0.3 is 16.8 Å². The number of nitrogens with two attached hydrogens (primary N) is 2. The molecule has 5 N–H and O–H groups in total. The fraction of sp³-hybridized carbons (Fsp3) is 0.267. The van der Waals surface area contributed by atoms with Crippen molar-refractivity contribution in [2.45, 2.75) is 12.6 Å². The van der Waals surface area contributed by atoms with Gasteiger partial charge in [0.2, 0.25) is 5.78 Å². The van der Waals surface area contributed by atoms with Gasteiger partial charge in [0.05, 0.1) is 11.1 Å². The van der Waals surface area contributed by atoms with Crippen LogP contribution in [0.4, 0.5) is 24.8 Å². The minimum atomic E-state index is -4.72. The first-order chi connectivity index (χ1) is 11.3. The number of nitrogens with one attached hydrogen (secondary N) is 1. The monoisotopic (exact) mass is 345 g/mol. The predicted molar refractivity (Wildman–Crippen MR) is 89.8 cm³/mol. The Balaban J connectivity index is 0. The maximum Gasteiger partial charge on any atom is 0.418 e. The molecule has 2 aromatic heterocycles. The van der Waals surface area contributed by atoms with Crippen LogP contribution in [0.15, 0.2) is 30.5 Å². The zero-order valence-corrected chi connectivity index (χ0v) is 12.6. The number of hydrogen-bond acceptors (Lipinski definition) is 6. The van der Waals surface area contributed by atoms with Crippen molar-refractivity contribution >= 4 is 17.4 Å². The lowest BCUT2D eigenvalue weighted by Crippen LogP contribution is -2.18. The van der Waals surface area contributed by atoms with Crippen LogP contribution in [0.1, 0.15) is 32.3 Å². The van der Waals surface area contributed by atoms with Crippen molar-refractivity contribution in [3.8, 4) is 0 Å². The Morgan fingerprint density at radius 3 is 2.67 bits per heavy atom. The molecule has 0 amide bonds. The molecule has 2 rings (SSSR count). The molecule has 134 valence electrons. The molecule has 0 unspecified atom stereocenters. The SMILES string of the molecule is NCCCNc1ccc(C(F)(F)F)c(C(=O)c2cccnc2N)n1.[HH].[HH].[HH]. The average molecular weight is 345 g/mol. The molecular weight excluding hydrogens is 323 g/mol. The first-order valence-electron chi connectivity index (χ1n) is 7.12. The largest absolute Gasteiger partial charge is 0.418 e. The lowest BCUT2D eigenvalue weighted by molar-refractivity contribution is -0.138. The van der Waals surface area contributed by atoms with Crippen molar-refractivity contribution in [2.24, 2.45) is 5.73 Å². The first-order valence-corrected chi connectivity index (χ1v) is 7.12.